The molecule has 0 bridgehead atoms. The summed E-state index contributed by atoms with van der Waals surface area (Å²) in [4.78, 5) is 10.7. The van der Waals surface area contributed by atoms with Crippen molar-refractivity contribution in [2.75, 3.05) is 11.9 Å². The van der Waals surface area contributed by atoms with E-state index in [-0.39, 0.29) is 10.6 Å². The van der Waals surface area contributed by atoms with Gasteiger partial charge in [-0.05, 0) is 25.0 Å². The molecule has 4 nitrogen and oxygen atoms in total. The maximum Gasteiger partial charge on any atom is 0.295 e. The summed E-state index contributed by atoms with van der Waals surface area (Å²) < 4.78 is 0. The fraction of sp³-hybridized carbons (Fsp3) is 0.200. The molecule has 0 fully saturated rings. The first kappa shape index (κ1) is 13.1. The summed E-state index contributed by atoms with van der Waals surface area (Å²) in [5, 5.41) is 14.2. The average molecular weight is 256 g/mol. The van der Waals surface area contributed by atoms with Crippen LogP contribution < -0.4 is 5.32 Å². The number of anilines is 1. The second-order valence-electron chi connectivity index (χ2n) is 4.39. The minimum atomic E-state index is -0.333. The Morgan fingerprint density at radius 1 is 1.11 bits per heavy atom. The molecule has 0 heterocycles. The molecule has 0 spiro atoms. The molecule has 98 valence electrons. The van der Waals surface area contributed by atoms with Crippen LogP contribution in [0.2, 0.25) is 0 Å². The highest BCUT2D eigenvalue weighted by atomic mass is 16.6. The van der Waals surface area contributed by atoms with Crippen molar-refractivity contribution in [2.45, 2.75) is 13.3 Å². The number of para-hydroxylation sites is 1. The number of hydrogen-bond acceptors (Lipinski definition) is 3. The smallest absolute Gasteiger partial charge is 0.295 e. The zero-order chi connectivity index (χ0) is 13.7. The van der Waals surface area contributed by atoms with Crippen molar-refractivity contribution in [1.82, 2.24) is 0 Å². The number of nitrogens with zero attached hydrogens (tertiary/aromatic N) is 1. The Morgan fingerprint density at radius 2 is 1.84 bits per heavy atom. The highest BCUT2D eigenvalue weighted by Crippen LogP contribution is 2.27. The molecule has 0 aromatic heterocycles. The lowest BCUT2D eigenvalue weighted by atomic mass is 10.1. The van der Waals surface area contributed by atoms with Crippen molar-refractivity contribution in [3.05, 3.63) is 69.8 Å². The number of nitrogens with one attached hydrogen (secondary N) is 1. The first-order valence-corrected chi connectivity index (χ1v) is 6.20. The van der Waals surface area contributed by atoms with E-state index in [1.165, 1.54) is 5.56 Å². The molecule has 0 aliphatic carbocycles. The number of rotatable bonds is 5. The summed E-state index contributed by atoms with van der Waals surface area (Å²) in [5.41, 5.74) is 2.64. The van der Waals surface area contributed by atoms with Crippen LogP contribution in [0.15, 0.2) is 48.5 Å². The number of hydrogen-bond donors (Lipinski definition) is 1. The van der Waals surface area contributed by atoms with Gasteiger partial charge in [-0.15, -0.1) is 0 Å². The lowest BCUT2D eigenvalue weighted by Crippen LogP contribution is -2.07. The molecule has 1 N–H and O–H groups in total. The Balaban J connectivity index is 2.04. The molecule has 0 atom stereocenters. The molecule has 0 aliphatic heterocycles. The maximum atomic E-state index is 11.0. The topological polar surface area (TPSA) is 55.2 Å². The van der Waals surface area contributed by atoms with E-state index in [2.05, 4.69) is 5.32 Å². The quantitative estimate of drug-likeness (QED) is 0.657. The number of aryl methyl sites for hydroxylation is 1. The lowest BCUT2D eigenvalue weighted by molar-refractivity contribution is -0.384. The van der Waals surface area contributed by atoms with Crippen molar-refractivity contribution < 1.29 is 4.92 Å². The predicted molar refractivity (Wildman–Crippen MR) is 76.5 cm³/mol. The molecule has 4 heteroatoms. The van der Waals surface area contributed by atoms with Gasteiger partial charge in [-0.1, -0.05) is 42.5 Å². The van der Waals surface area contributed by atoms with E-state index in [9.17, 15) is 10.1 Å². The van der Waals surface area contributed by atoms with Crippen LogP contribution in [0.5, 0.6) is 0 Å². The van der Waals surface area contributed by atoms with Gasteiger partial charge in [-0.2, -0.15) is 0 Å². The van der Waals surface area contributed by atoms with Crippen LogP contribution in [0, 0.1) is 17.0 Å². The van der Waals surface area contributed by atoms with Gasteiger partial charge in [0.2, 0.25) is 0 Å². The molecule has 0 aliphatic rings. The first-order chi connectivity index (χ1) is 9.18. The molecule has 0 unspecified atom stereocenters. The molecule has 19 heavy (non-hydrogen) atoms. The monoisotopic (exact) mass is 256 g/mol. The molecule has 2 rings (SSSR count). The Bertz CT molecular complexity index is 568. The second kappa shape index (κ2) is 6.00. The fourth-order valence-corrected chi connectivity index (χ4v) is 2.03. The average Bonchev–Trinajstić information content (AvgIpc) is 2.39. The highest BCUT2D eigenvalue weighted by Gasteiger charge is 2.15. The zero-order valence-corrected chi connectivity index (χ0v) is 10.8. The van der Waals surface area contributed by atoms with E-state index in [0.29, 0.717) is 17.8 Å². The van der Waals surface area contributed by atoms with Crippen molar-refractivity contribution >= 4 is 11.4 Å². The van der Waals surface area contributed by atoms with E-state index >= 15 is 0 Å². The molecule has 0 saturated carbocycles. The maximum absolute atomic E-state index is 11.0. The molecular formula is C15H16N2O2. The second-order valence-corrected chi connectivity index (χ2v) is 4.39. The summed E-state index contributed by atoms with van der Waals surface area (Å²) in [5.74, 6) is 0. The third kappa shape index (κ3) is 3.31. The Kier molecular flexibility index (Phi) is 4.13. The van der Waals surface area contributed by atoms with Crippen LogP contribution in [-0.2, 0) is 6.42 Å². The van der Waals surface area contributed by atoms with Crippen LogP contribution in [0.25, 0.3) is 0 Å². The highest BCUT2D eigenvalue weighted by molar-refractivity contribution is 5.65. The SMILES string of the molecule is Cc1cccc(NCCc2ccccc2)c1[N+](=O)[O-]. The van der Waals surface area contributed by atoms with Gasteiger partial charge < -0.3 is 5.32 Å². The van der Waals surface area contributed by atoms with Gasteiger partial charge in [0.25, 0.3) is 5.69 Å². The Morgan fingerprint density at radius 3 is 2.53 bits per heavy atom. The van der Waals surface area contributed by atoms with Gasteiger partial charge in [0.05, 0.1) is 4.92 Å². The molecular weight excluding hydrogens is 240 g/mol. The third-order valence-electron chi connectivity index (χ3n) is 2.99. The van der Waals surface area contributed by atoms with Crippen LogP contribution >= 0.6 is 0 Å². The van der Waals surface area contributed by atoms with E-state index in [1.54, 1.807) is 19.1 Å². The third-order valence-corrected chi connectivity index (χ3v) is 2.99. The van der Waals surface area contributed by atoms with Gasteiger partial charge >= 0.3 is 0 Å². The molecule has 0 saturated heterocycles. The molecule has 0 amide bonds. The van der Waals surface area contributed by atoms with E-state index in [0.717, 1.165) is 6.42 Å². The van der Waals surface area contributed by atoms with Crippen molar-refractivity contribution in [1.29, 1.82) is 0 Å². The number of benzene rings is 2. The van der Waals surface area contributed by atoms with Crippen LogP contribution in [-0.4, -0.2) is 11.5 Å². The van der Waals surface area contributed by atoms with E-state index in [1.807, 2.05) is 36.4 Å². The normalized spacial score (nSPS) is 10.2. The van der Waals surface area contributed by atoms with Gasteiger partial charge in [0.1, 0.15) is 5.69 Å². The standard InChI is InChI=1S/C15H16N2O2/c1-12-6-5-9-14(15(12)17(18)19)16-11-10-13-7-3-2-4-8-13/h2-9,16H,10-11H2,1H3. The lowest BCUT2D eigenvalue weighted by Gasteiger charge is -2.08. The Labute approximate surface area is 112 Å². The van der Waals surface area contributed by atoms with Gasteiger partial charge in [-0.25, -0.2) is 0 Å². The molecule has 2 aromatic rings. The van der Waals surface area contributed by atoms with E-state index < -0.39 is 0 Å². The van der Waals surface area contributed by atoms with Crippen molar-refractivity contribution in [3.8, 4) is 0 Å². The van der Waals surface area contributed by atoms with Crippen LogP contribution in [0.4, 0.5) is 11.4 Å². The summed E-state index contributed by atoms with van der Waals surface area (Å²) >= 11 is 0. The summed E-state index contributed by atoms with van der Waals surface area (Å²) in [7, 11) is 0. The number of nitro groups is 1. The van der Waals surface area contributed by atoms with Crippen molar-refractivity contribution in [2.24, 2.45) is 0 Å². The van der Waals surface area contributed by atoms with E-state index in [4.69, 9.17) is 0 Å². The number of nitro benzene ring substituents is 1. The zero-order valence-electron chi connectivity index (χ0n) is 10.8. The molecule has 2 aromatic carbocycles. The van der Waals surface area contributed by atoms with Gasteiger partial charge in [-0.3, -0.25) is 10.1 Å². The van der Waals surface area contributed by atoms with Gasteiger partial charge in [0.15, 0.2) is 0 Å². The minimum absolute atomic E-state index is 0.163. The summed E-state index contributed by atoms with van der Waals surface area (Å²) in [6.45, 7) is 2.43. The summed E-state index contributed by atoms with van der Waals surface area (Å²) in [6, 6.07) is 15.4. The first-order valence-electron chi connectivity index (χ1n) is 6.20. The molecule has 0 radical (unpaired) electrons. The summed E-state index contributed by atoms with van der Waals surface area (Å²) in [6.07, 6.45) is 0.839. The van der Waals surface area contributed by atoms with Crippen LogP contribution in [0.1, 0.15) is 11.1 Å². The predicted octanol–water partition coefficient (Wildman–Crippen LogP) is 3.56. The van der Waals surface area contributed by atoms with Crippen molar-refractivity contribution in [3.63, 3.8) is 0 Å². The minimum Gasteiger partial charge on any atom is -0.379 e. The van der Waals surface area contributed by atoms with Crippen LogP contribution in [0.3, 0.4) is 0 Å². The largest absolute Gasteiger partial charge is 0.379 e. The fourth-order valence-electron chi connectivity index (χ4n) is 2.03. The Hall–Kier alpha value is -2.36. The van der Waals surface area contributed by atoms with Gasteiger partial charge in [0, 0.05) is 12.1 Å².